The van der Waals surface area contributed by atoms with Crippen LogP contribution in [0.1, 0.15) is 0 Å². The maximum atomic E-state index is 12.8. The molecule has 0 saturated heterocycles. The summed E-state index contributed by atoms with van der Waals surface area (Å²) in [6.07, 6.45) is -1.53. The Labute approximate surface area is 83.9 Å². The molecular formula is C10H8FNO3. The Balaban J connectivity index is 2.54. The highest BCUT2D eigenvalue weighted by atomic mass is 19.1. The number of alkyl halides is 1. The van der Waals surface area contributed by atoms with Crippen molar-refractivity contribution >= 4 is 17.4 Å². The van der Waals surface area contributed by atoms with Crippen molar-refractivity contribution in [1.29, 1.82) is 0 Å². The predicted molar refractivity (Wildman–Crippen MR) is 51.4 cm³/mol. The summed E-state index contributed by atoms with van der Waals surface area (Å²) in [4.78, 5) is 21.5. The number of rotatable bonds is 3. The van der Waals surface area contributed by atoms with Gasteiger partial charge in [-0.3, -0.25) is 4.57 Å². The first-order valence-corrected chi connectivity index (χ1v) is 4.40. The van der Waals surface area contributed by atoms with Gasteiger partial charge in [-0.1, -0.05) is 12.1 Å². The fourth-order valence-corrected chi connectivity index (χ4v) is 1.40. The number of carbonyl (C=O) groups is 1. The topological polar surface area (TPSA) is 52.2 Å². The smallest absolute Gasteiger partial charge is 0.408 e. The summed E-state index contributed by atoms with van der Waals surface area (Å²) in [7, 11) is 0. The lowest BCUT2D eigenvalue weighted by molar-refractivity contribution is -0.112. The van der Waals surface area contributed by atoms with Gasteiger partial charge in [-0.2, -0.15) is 0 Å². The summed E-state index contributed by atoms with van der Waals surface area (Å²) in [5, 5.41) is 0. The van der Waals surface area contributed by atoms with Crippen molar-refractivity contribution in [3.05, 3.63) is 34.8 Å². The van der Waals surface area contributed by atoms with Gasteiger partial charge in [-0.15, -0.1) is 0 Å². The van der Waals surface area contributed by atoms with E-state index in [0.717, 1.165) is 4.57 Å². The number of oxazole rings is 1. The molecule has 0 radical (unpaired) electrons. The summed E-state index contributed by atoms with van der Waals surface area (Å²) in [6.45, 7) is -0.306. The van der Waals surface area contributed by atoms with Crippen molar-refractivity contribution in [3.8, 4) is 0 Å². The fraction of sp³-hybridized carbons (Fsp3) is 0.200. The zero-order valence-electron chi connectivity index (χ0n) is 7.72. The molecule has 0 spiro atoms. The molecule has 0 saturated carbocycles. The Kier molecular flexibility index (Phi) is 2.37. The second kappa shape index (κ2) is 3.68. The van der Waals surface area contributed by atoms with E-state index < -0.39 is 11.9 Å². The second-order valence-electron chi connectivity index (χ2n) is 3.10. The van der Waals surface area contributed by atoms with Crippen LogP contribution in [0.15, 0.2) is 33.5 Å². The zero-order chi connectivity index (χ0) is 10.8. The molecule has 4 nitrogen and oxygen atoms in total. The quantitative estimate of drug-likeness (QED) is 0.712. The molecule has 2 aromatic rings. The third-order valence-electron chi connectivity index (χ3n) is 2.08. The van der Waals surface area contributed by atoms with E-state index in [1.807, 2.05) is 0 Å². The van der Waals surface area contributed by atoms with Crippen LogP contribution in [0.25, 0.3) is 11.1 Å². The number of aldehydes is 1. The largest absolute Gasteiger partial charge is 0.420 e. The standard InChI is InChI=1S/C10H8FNO3/c11-7(6-13)5-12-8-3-1-2-4-9(8)15-10(12)14/h1-4,6-7H,5H2. The van der Waals surface area contributed by atoms with Gasteiger partial charge in [-0.25, -0.2) is 9.18 Å². The second-order valence-corrected chi connectivity index (χ2v) is 3.10. The number of aromatic nitrogens is 1. The Morgan fingerprint density at radius 1 is 1.47 bits per heavy atom. The van der Waals surface area contributed by atoms with Crippen LogP contribution < -0.4 is 5.76 Å². The monoisotopic (exact) mass is 209 g/mol. The fourth-order valence-electron chi connectivity index (χ4n) is 1.40. The Morgan fingerprint density at radius 3 is 2.93 bits per heavy atom. The van der Waals surface area contributed by atoms with E-state index in [2.05, 4.69) is 0 Å². The Bertz CT molecular complexity index is 543. The first-order chi connectivity index (χ1) is 7.22. The Hall–Kier alpha value is -1.91. The van der Waals surface area contributed by atoms with E-state index in [-0.39, 0.29) is 12.8 Å². The van der Waals surface area contributed by atoms with Crippen molar-refractivity contribution in [1.82, 2.24) is 4.57 Å². The van der Waals surface area contributed by atoms with Crippen LogP contribution in [0.4, 0.5) is 4.39 Å². The lowest BCUT2D eigenvalue weighted by atomic mass is 10.3. The van der Waals surface area contributed by atoms with E-state index in [1.54, 1.807) is 24.3 Å². The number of fused-ring (bicyclic) bond motifs is 1. The van der Waals surface area contributed by atoms with Crippen molar-refractivity contribution in [2.45, 2.75) is 12.7 Å². The molecule has 0 bridgehead atoms. The van der Waals surface area contributed by atoms with E-state index in [9.17, 15) is 14.0 Å². The van der Waals surface area contributed by atoms with E-state index in [1.165, 1.54) is 0 Å². The van der Waals surface area contributed by atoms with Crippen LogP contribution >= 0.6 is 0 Å². The molecule has 1 atom stereocenters. The zero-order valence-corrected chi connectivity index (χ0v) is 7.72. The molecule has 0 aliphatic rings. The predicted octanol–water partition coefficient (Wildman–Crippen LogP) is 1.13. The average molecular weight is 209 g/mol. The molecule has 1 unspecified atom stereocenters. The van der Waals surface area contributed by atoms with Gasteiger partial charge in [0.05, 0.1) is 12.1 Å². The van der Waals surface area contributed by atoms with E-state index in [4.69, 9.17) is 4.42 Å². The first kappa shape index (κ1) is 9.64. The Morgan fingerprint density at radius 2 is 2.20 bits per heavy atom. The summed E-state index contributed by atoms with van der Waals surface area (Å²) in [5.41, 5.74) is 0.882. The number of nitrogens with zero attached hydrogens (tertiary/aromatic N) is 1. The normalized spacial score (nSPS) is 12.9. The molecule has 78 valence electrons. The molecule has 1 heterocycles. The third kappa shape index (κ3) is 1.68. The van der Waals surface area contributed by atoms with Gasteiger partial charge in [0.15, 0.2) is 18.0 Å². The van der Waals surface area contributed by atoms with Crippen LogP contribution in [0.3, 0.4) is 0 Å². The molecule has 1 aromatic carbocycles. The summed E-state index contributed by atoms with van der Waals surface area (Å²) in [5.74, 6) is -0.652. The lowest BCUT2D eigenvalue weighted by Crippen LogP contribution is -2.21. The highest BCUT2D eigenvalue weighted by Gasteiger charge is 2.12. The van der Waals surface area contributed by atoms with Crippen LogP contribution in [0.2, 0.25) is 0 Å². The lowest BCUT2D eigenvalue weighted by Gasteiger charge is -2.00. The highest BCUT2D eigenvalue weighted by Crippen LogP contribution is 2.12. The van der Waals surface area contributed by atoms with Gasteiger partial charge < -0.3 is 9.21 Å². The van der Waals surface area contributed by atoms with Crippen molar-refractivity contribution in [2.24, 2.45) is 0 Å². The van der Waals surface area contributed by atoms with Crippen molar-refractivity contribution in [2.75, 3.05) is 0 Å². The van der Waals surface area contributed by atoms with Gasteiger partial charge in [0, 0.05) is 0 Å². The van der Waals surface area contributed by atoms with Gasteiger partial charge in [0.2, 0.25) is 0 Å². The molecule has 0 aliphatic heterocycles. The number of carbonyl (C=O) groups excluding carboxylic acids is 1. The molecule has 15 heavy (non-hydrogen) atoms. The van der Waals surface area contributed by atoms with Crippen LogP contribution in [0.5, 0.6) is 0 Å². The van der Waals surface area contributed by atoms with Crippen molar-refractivity contribution in [3.63, 3.8) is 0 Å². The van der Waals surface area contributed by atoms with Gasteiger partial charge in [0.1, 0.15) is 0 Å². The van der Waals surface area contributed by atoms with Gasteiger partial charge in [-0.05, 0) is 12.1 Å². The van der Waals surface area contributed by atoms with Crippen LogP contribution in [-0.2, 0) is 11.3 Å². The third-order valence-corrected chi connectivity index (χ3v) is 2.08. The summed E-state index contributed by atoms with van der Waals surface area (Å²) >= 11 is 0. The molecule has 0 amide bonds. The number of para-hydroxylation sites is 2. The summed E-state index contributed by atoms with van der Waals surface area (Å²) < 4.78 is 18.8. The molecule has 0 N–H and O–H groups in total. The maximum absolute atomic E-state index is 12.8. The molecular weight excluding hydrogens is 201 g/mol. The first-order valence-electron chi connectivity index (χ1n) is 4.40. The van der Waals surface area contributed by atoms with Gasteiger partial charge in [0.25, 0.3) is 0 Å². The molecule has 0 aliphatic carbocycles. The minimum Gasteiger partial charge on any atom is -0.408 e. The SMILES string of the molecule is O=CC(F)Cn1c(=O)oc2ccccc21. The number of halogens is 1. The summed E-state index contributed by atoms with van der Waals surface area (Å²) in [6, 6.07) is 6.67. The van der Waals surface area contributed by atoms with E-state index >= 15 is 0 Å². The number of benzene rings is 1. The van der Waals surface area contributed by atoms with Crippen LogP contribution in [0, 0.1) is 0 Å². The molecule has 2 rings (SSSR count). The number of hydrogen-bond acceptors (Lipinski definition) is 3. The minimum atomic E-state index is -1.69. The van der Waals surface area contributed by atoms with Crippen LogP contribution in [-0.4, -0.2) is 17.0 Å². The average Bonchev–Trinajstić information content (AvgIpc) is 2.55. The van der Waals surface area contributed by atoms with E-state index in [0.29, 0.717) is 11.1 Å². The molecule has 0 fully saturated rings. The molecule has 5 heteroatoms. The minimum absolute atomic E-state index is 0.161. The highest BCUT2D eigenvalue weighted by molar-refractivity contribution is 5.72. The van der Waals surface area contributed by atoms with Gasteiger partial charge >= 0.3 is 5.76 Å². The maximum Gasteiger partial charge on any atom is 0.420 e. The molecule has 1 aromatic heterocycles. The van der Waals surface area contributed by atoms with Crippen molar-refractivity contribution < 1.29 is 13.6 Å². The number of hydrogen-bond donors (Lipinski definition) is 0.